The number of amides is 1. The molecule has 0 bridgehead atoms. The van der Waals surface area contributed by atoms with Crippen LogP contribution in [0.2, 0.25) is 0 Å². The van der Waals surface area contributed by atoms with E-state index >= 15 is 0 Å². The van der Waals surface area contributed by atoms with Crippen LogP contribution < -0.4 is 19.7 Å². The molecule has 31 heavy (non-hydrogen) atoms. The van der Waals surface area contributed by atoms with Gasteiger partial charge >= 0.3 is 5.97 Å². The smallest absolute Gasteiger partial charge is 0.315 e. The predicted octanol–water partition coefficient (Wildman–Crippen LogP) is 2.58. The molecule has 1 amide bonds. The Balaban J connectivity index is 1.35. The van der Waals surface area contributed by atoms with Crippen LogP contribution >= 0.6 is 0 Å². The van der Waals surface area contributed by atoms with Crippen molar-refractivity contribution in [3.63, 3.8) is 0 Å². The Morgan fingerprint density at radius 3 is 2.65 bits per heavy atom. The number of hydrogen-bond acceptors (Lipinski definition) is 6. The normalized spacial score (nSPS) is 17.9. The molecule has 1 atom stereocenters. The van der Waals surface area contributed by atoms with Crippen molar-refractivity contribution in [2.24, 2.45) is 0 Å². The fraction of sp³-hybridized carbons (Fsp3) is 0.364. The van der Waals surface area contributed by atoms with Gasteiger partial charge in [0, 0.05) is 60.8 Å². The average Bonchev–Trinajstić information content (AvgIpc) is 3.11. The number of anilines is 2. The molecule has 0 saturated carbocycles. The molecule has 2 aliphatic rings. The van der Waals surface area contributed by atoms with Gasteiger partial charge in [-0.2, -0.15) is 0 Å². The van der Waals surface area contributed by atoms with E-state index in [-0.39, 0.29) is 30.9 Å². The summed E-state index contributed by atoms with van der Waals surface area (Å²) in [6.07, 6.45) is 0.262. The molecule has 7 nitrogen and oxygen atoms in total. The Morgan fingerprint density at radius 2 is 1.97 bits per heavy atom. The number of hydrogen-bond donors (Lipinski definition) is 1. The van der Waals surface area contributed by atoms with Crippen molar-refractivity contribution in [2.45, 2.75) is 19.4 Å². The second kappa shape index (κ2) is 8.41. The zero-order valence-electron chi connectivity index (χ0n) is 17.3. The molecule has 1 fully saturated rings. The van der Waals surface area contributed by atoms with Crippen molar-refractivity contribution >= 4 is 23.3 Å². The van der Waals surface area contributed by atoms with E-state index in [0.717, 1.165) is 5.56 Å². The van der Waals surface area contributed by atoms with E-state index in [2.05, 4.69) is 5.32 Å². The molecule has 0 spiro atoms. The van der Waals surface area contributed by atoms with Crippen LogP contribution in [0.25, 0.3) is 0 Å². The summed E-state index contributed by atoms with van der Waals surface area (Å²) >= 11 is 0. The predicted molar refractivity (Wildman–Crippen MR) is 111 cm³/mol. The largest absolute Gasteiger partial charge is 0.491 e. The molecule has 2 aromatic rings. The molecule has 0 unspecified atom stereocenters. The summed E-state index contributed by atoms with van der Waals surface area (Å²) < 4.78 is 37.9. The number of piperazine rings is 1. The van der Waals surface area contributed by atoms with Crippen molar-refractivity contribution in [3.8, 4) is 11.5 Å². The standard InChI is InChI=1S/C22H23F2N3O4/c1-13-12-26(16-9-17(23)22(30-2)18(24)10-16)5-6-27(13)20(28)11-25-15-4-3-14-7-21(29)31-19(14)8-15/h3-4,8-10,13,25H,5-7,11-12H2,1-2H3/t13-/m1/s1. The first kappa shape index (κ1) is 20.9. The highest BCUT2D eigenvalue weighted by atomic mass is 19.1. The SMILES string of the molecule is COc1c(F)cc(N2CCN(C(=O)CNc3ccc4c(c3)OC(=O)C4)[C@H](C)C2)cc1F. The average molecular weight is 431 g/mol. The lowest BCUT2D eigenvalue weighted by Gasteiger charge is -2.41. The second-order valence-corrected chi connectivity index (χ2v) is 7.65. The minimum atomic E-state index is -0.757. The molecule has 1 saturated heterocycles. The summed E-state index contributed by atoms with van der Waals surface area (Å²) in [6.45, 7) is 3.32. The molecular weight excluding hydrogens is 408 g/mol. The van der Waals surface area contributed by atoms with E-state index in [0.29, 0.717) is 36.8 Å². The Bertz CT molecular complexity index is 1010. The van der Waals surface area contributed by atoms with Crippen molar-refractivity contribution < 1.29 is 27.8 Å². The van der Waals surface area contributed by atoms with Crippen LogP contribution in [-0.4, -0.2) is 56.1 Å². The maximum atomic E-state index is 14.0. The van der Waals surface area contributed by atoms with E-state index < -0.39 is 17.4 Å². The topological polar surface area (TPSA) is 71.1 Å². The third kappa shape index (κ3) is 4.26. The molecule has 1 N–H and O–H groups in total. The van der Waals surface area contributed by atoms with E-state index in [1.807, 2.05) is 24.0 Å². The Morgan fingerprint density at radius 1 is 1.23 bits per heavy atom. The molecule has 0 aliphatic carbocycles. The number of benzene rings is 2. The summed E-state index contributed by atoms with van der Waals surface area (Å²) in [7, 11) is 1.22. The maximum absolute atomic E-state index is 14.0. The third-order valence-electron chi connectivity index (χ3n) is 5.57. The third-order valence-corrected chi connectivity index (χ3v) is 5.57. The van der Waals surface area contributed by atoms with Gasteiger partial charge in [-0.1, -0.05) is 6.07 Å². The van der Waals surface area contributed by atoms with Crippen molar-refractivity contribution in [1.82, 2.24) is 4.90 Å². The highest BCUT2D eigenvalue weighted by Gasteiger charge is 2.28. The summed E-state index contributed by atoms with van der Waals surface area (Å²) in [5.41, 5.74) is 1.94. The van der Waals surface area contributed by atoms with E-state index in [1.54, 1.807) is 11.0 Å². The van der Waals surface area contributed by atoms with Gasteiger partial charge in [-0.25, -0.2) is 8.78 Å². The van der Waals surface area contributed by atoms with Crippen LogP contribution in [-0.2, 0) is 16.0 Å². The molecule has 2 aromatic carbocycles. The lowest BCUT2D eigenvalue weighted by Crippen LogP contribution is -2.55. The Labute approximate surface area is 178 Å². The zero-order valence-corrected chi connectivity index (χ0v) is 17.3. The quantitative estimate of drug-likeness (QED) is 0.580. The fourth-order valence-electron chi connectivity index (χ4n) is 3.99. The zero-order chi connectivity index (χ0) is 22.1. The summed E-state index contributed by atoms with van der Waals surface area (Å²) in [5.74, 6) is -1.77. The van der Waals surface area contributed by atoms with Crippen LogP contribution in [0.15, 0.2) is 30.3 Å². The number of carbonyl (C=O) groups excluding carboxylic acids is 2. The van der Waals surface area contributed by atoms with E-state index in [1.165, 1.54) is 19.2 Å². The van der Waals surface area contributed by atoms with Crippen LogP contribution in [0.3, 0.4) is 0 Å². The molecule has 0 aromatic heterocycles. The Kier molecular flexibility index (Phi) is 5.67. The highest BCUT2D eigenvalue weighted by molar-refractivity contribution is 5.83. The van der Waals surface area contributed by atoms with Gasteiger partial charge in [-0.05, 0) is 13.0 Å². The second-order valence-electron chi connectivity index (χ2n) is 7.65. The Hall–Kier alpha value is -3.36. The fourth-order valence-corrected chi connectivity index (χ4v) is 3.99. The first-order valence-corrected chi connectivity index (χ1v) is 10.0. The first-order chi connectivity index (χ1) is 14.9. The molecular formula is C22H23F2N3O4. The lowest BCUT2D eigenvalue weighted by molar-refractivity contribution is -0.132. The van der Waals surface area contributed by atoms with Gasteiger partial charge in [0.15, 0.2) is 17.4 Å². The molecule has 2 heterocycles. The van der Waals surface area contributed by atoms with E-state index in [4.69, 9.17) is 9.47 Å². The minimum Gasteiger partial charge on any atom is -0.491 e. The van der Waals surface area contributed by atoms with Crippen LogP contribution in [0.5, 0.6) is 11.5 Å². The highest BCUT2D eigenvalue weighted by Crippen LogP contribution is 2.30. The van der Waals surface area contributed by atoms with Crippen LogP contribution in [0.4, 0.5) is 20.2 Å². The number of halogens is 2. The first-order valence-electron chi connectivity index (χ1n) is 10.0. The van der Waals surface area contributed by atoms with Gasteiger partial charge in [0.25, 0.3) is 0 Å². The minimum absolute atomic E-state index is 0.0862. The van der Waals surface area contributed by atoms with Gasteiger partial charge in [0.05, 0.1) is 20.1 Å². The molecule has 164 valence electrons. The van der Waals surface area contributed by atoms with Crippen molar-refractivity contribution in [3.05, 3.63) is 47.5 Å². The van der Waals surface area contributed by atoms with Gasteiger partial charge in [0.2, 0.25) is 5.91 Å². The summed E-state index contributed by atoms with van der Waals surface area (Å²) in [4.78, 5) is 27.7. The number of nitrogens with one attached hydrogen (secondary N) is 1. The van der Waals surface area contributed by atoms with Gasteiger partial charge in [-0.15, -0.1) is 0 Å². The number of ether oxygens (including phenoxy) is 2. The number of esters is 1. The molecule has 9 heteroatoms. The number of fused-ring (bicyclic) bond motifs is 1. The van der Waals surface area contributed by atoms with Crippen molar-refractivity contribution in [1.29, 1.82) is 0 Å². The summed E-state index contributed by atoms with van der Waals surface area (Å²) in [6, 6.07) is 7.67. The molecule has 0 radical (unpaired) electrons. The van der Waals surface area contributed by atoms with Crippen LogP contribution in [0.1, 0.15) is 12.5 Å². The maximum Gasteiger partial charge on any atom is 0.315 e. The van der Waals surface area contributed by atoms with Gasteiger partial charge in [-0.3, -0.25) is 9.59 Å². The number of rotatable bonds is 5. The number of nitrogens with zero attached hydrogens (tertiary/aromatic N) is 2. The summed E-state index contributed by atoms with van der Waals surface area (Å²) in [5, 5.41) is 3.07. The van der Waals surface area contributed by atoms with E-state index in [9.17, 15) is 18.4 Å². The molecule has 2 aliphatic heterocycles. The monoisotopic (exact) mass is 431 g/mol. The number of carbonyl (C=O) groups is 2. The van der Waals surface area contributed by atoms with Crippen molar-refractivity contribution in [2.75, 3.05) is 43.5 Å². The number of methoxy groups -OCH3 is 1. The van der Waals surface area contributed by atoms with Gasteiger partial charge < -0.3 is 24.6 Å². The van der Waals surface area contributed by atoms with Gasteiger partial charge in [0.1, 0.15) is 5.75 Å². The van der Waals surface area contributed by atoms with Crippen LogP contribution in [0, 0.1) is 11.6 Å². The molecule has 4 rings (SSSR count). The lowest BCUT2D eigenvalue weighted by atomic mass is 10.1.